The molecule has 2 aliphatic rings. The van der Waals surface area contributed by atoms with Gasteiger partial charge in [-0.1, -0.05) is 0 Å². The fourth-order valence-electron chi connectivity index (χ4n) is 2.25. The average molecular weight is 327 g/mol. The summed E-state index contributed by atoms with van der Waals surface area (Å²) in [5.41, 5.74) is 6.05. The SMILES string of the molecule is Nc1cc(C(=O)N(CC2CC2)C2CC2)c(Br)cc1F. The third-order valence-electron chi connectivity index (χ3n) is 3.72. The number of anilines is 1. The summed E-state index contributed by atoms with van der Waals surface area (Å²) in [6, 6.07) is 3.07. The van der Waals surface area contributed by atoms with E-state index in [1.165, 1.54) is 25.0 Å². The van der Waals surface area contributed by atoms with Crippen LogP contribution in [-0.4, -0.2) is 23.4 Å². The minimum atomic E-state index is -0.497. The number of nitrogen functional groups attached to an aromatic ring is 1. The van der Waals surface area contributed by atoms with E-state index >= 15 is 0 Å². The van der Waals surface area contributed by atoms with Gasteiger partial charge in [0.1, 0.15) is 5.82 Å². The number of halogens is 2. The third kappa shape index (κ3) is 2.76. The van der Waals surface area contributed by atoms with Crippen LogP contribution in [0.1, 0.15) is 36.0 Å². The van der Waals surface area contributed by atoms with Crippen LogP contribution in [0.2, 0.25) is 0 Å². The second-order valence-corrected chi connectivity index (χ2v) is 6.34. The molecule has 2 saturated carbocycles. The fourth-order valence-corrected chi connectivity index (χ4v) is 2.73. The minimum Gasteiger partial charge on any atom is -0.396 e. The summed E-state index contributed by atoms with van der Waals surface area (Å²) in [6.07, 6.45) is 4.58. The molecule has 5 heteroatoms. The molecule has 1 aromatic rings. The Morgan fingerprint density at radius 1 is 1.37 bits per heavy atom. The highest BCUT2D eigenvalue weighted by Crippen LogP contribution is 2.36. The number of nitrogens with zero attached hydrogens (tertiary/aromatic N) is 1. The van der Waals surface area contributed by atoms with Gasteiger partial charge in [-0.15, -0.1) is 0 Å². The Balaban J connectivity index is 1.86. The first kappa shape index (κ1) is 12.9. The van der Waals surface area contributed by atoms with E-state index in [9.17, 15) is 9.18 Å². The molecule has 3 nitrogen and oxygen atoms in total. The number of hydrogen-bond acceptors (Lipinski definition) is 2. The average Bonchev–Trinajstić information content (AvgIpc) is 3.23. The second-order valence-electron chi connectivity index (χ2n) is 5.49. The van der Waals surface area contributed by atoms with Gasteiger partial charge in [0.25, 0.3) is 5.91 Å². The molecular weight excluding hydrogens is 311 g/mol. The van der Waals surface area contributed by atoms with Crippen molar-refractivity contribution in [1.82, 2.24) is 4.90 Å². The Labute approximate surface area is 120 Å². The predicted molar refractivity (Wildman–Crippen MR) is 75.3 cm³/mol. The molecule has 1 amide bonds. The van der Waals surface area contributed by atoms with Crippen molar-refractivity contribution in [3.8, 4) is 0 Å². The maximum atomic E-state index is 13.3. The van der Waals surface area contributed by atoms with Crippen LogP contribution in [0, 0.1) is 11.7 Å². The highest BCUT2D eigenvalue weighted by Gasteiger charge is 2.37. The van der Waals surface area contributed by atoms with Gasteiger partial charge >= 0.3 is 0 Å². The molecule has 0 saturated heterocycles. The fraction of sp³-hybridized carbons (Fsp3) is 0.500. The third-order valence-corrected chi connectivity index (χ3v) is 4.37. The number of carbonyl (C=O) groups is 1. The van der Waals surface area contributed by atoms with E-state index in [1.807, 2.05) is 4.90 Å². The van der Waals surface area contributed by atoms with Gasteiger partial charge in [-0.3, -0.25) is 4.79 Å². The van der Waals surface area contributed by atoms with Crippen LogP contribution in [0.25, 0.3) is 0 Å². The lowest BCUT2D eigenvalue weighted by molar-refractivity contribution is 0.0734. The van der Waals surface area contributed by atoms with Crippen molar-refractivity contribution in [2.75, 3.05) is 12.3 Å². The molecule has 0 bridgehead atoms. The van der Waals surface area contributed by atoms with Crippen molar-refractivity contribution < 1.29 is 9.18 Å². The van der Waals surface area contributed by atoms with Gasteiger partial charge in [-0.25, -0.2) is 4.39 Å². The normalized spacial score (nSPS) is 18.4. The first-order valence-electron chi connectivity index (χ1n) is 6.61. The lowest BCUT2D eigenvalue weighted by Gasteiger charge is -2.23. The molecular formula is C14H16BrFN2O. The zero-order chi connectivity index (χ0) is 13.6. The Morgan fingerprint density at radius 3 is 2.63 bits per heavy atom. The van der Waals surface area contributed by atoms with Crippen molar-refractivity contribution >= 4 is 27.5 Å². The van der Waals surface area contributed by atoms with Crippen LogP contribution in [0.3, 0.4) is 0 Å². The number of nitrogens with two attached hydrogens (primary N) is 1. The molecule has 102 valence electrons. The van der Waals surface area contributed by atoms with Crippen LogP contribution in [-0.2, 0) is 0 Å². The Bertz CT molecular complexity index is 526. The molecule has 2 N–H and O–H groups in total. The zero-order valence-electron chi connectivity index (χ0n) is 10.5. The first-order valence-corrected chi connectivity index (χ1v) is 7.41. The molecule has 0 unspecified atom stereocenters. The van der Waals surface area contributed by atoms with Crippen LogP contribution < -0.4 is 5.73 Å². The van der Waals surface area contributed by atoms with Gasteiger partial charge in [0.05, 0.1) is 11.3 Å². The van der Waals surface area contributed by atoms with Gasteiger partial charge < -0.3 is 10.6 Å². The summed E-state index contributed by atoms with van der Waals surface area (Å²) < 4.78 is 13.8. The summed E-state index contributed by atoms with van der Waals surface area (Å²) in [6.45, 7) is 0.827. The lowest BCUT2D eigenvalue weighted by atomic mass is 10.1. The van der Waals surface area contributed by atoms with Crippen molar-refractivity contribution in [3.63, 3.8) is 0 Å². The molecule has 0 aliphatic heterocycles. The van der Waals surface area contributed by atoms with E-state index in [2.05, 4.69) is 15.9 Å². The number of hydrogen-bond donors (Lipinski definition) is 1. The molecule has 19 heavy (non-hydrogen) atoms. The Hall–Kier alpha value is -1.10. The molecule has 3 rings (SSSR count). The number of benzene rings is 1. The highest BCUT2D eigenvalue weighted by molar-refractivity contribution is 9.10. The topological polar surface area (TPSA) is 46.3 Å². The zero-order valence-corrected chi connectivity index (χ0v) is 12.1. The monoisotopic (exact) mass is 326 g/mol. The largest absolute Gasteiger partial charge is 0.396 e. The van der Waals surface area contributed by atoms with E-state index < -0.39 is 5.82 Å². The quantitative estimate of drug-likeness (QED) is 0.864. The molecule has 0 heterocycles. The first-order chi connectivity index (χ1) is 9.06. The van der Waals surface area contributed by atoms with Crippen molar-refractivity contribution in [2.24, 2.45) is 5.92 Å². The standard InChI is InChI=1S/C14H16BrFN2O/c15-11-6-12(16)13(17)5-10(11)14(19)18(9-3-4-9)7-8-1-2-8/h5-6,8-9H,1-4,7,17H2. The van der Waals surface area contributed by atoms with Gasteiger partial charge in [0.15, 0.2) is 0 Å². The Morgan fingerprint density at radius 2 is 2.05 bits per heavy atom. The van der Waals surface area contributed by atoms with Crippen LogP contribution in [0.5, 0.6) is 0 Å². The lowest BCUT2D eigenvalue weighted by Crippen LogP contribution is -2.35. The predicted octanol–water partition coefficient (Wildman–Crippen LogP) is 3.19. The molecule has 0 aromatic heterocycles. The second kappa shape index (κ2) is 4.78. The summed E-state index contributed by atoms with van der Waals surface area (Å²) in [5, 5.41) is 0. The van der Waals surface area contributed by atoms with Crippen molar-refractivity contribution in [2.45, 2.75) is 31.7 Å². The highest BCUT2D eigenvalue weighted by atomic mass is 79.9. The molecule has 2 fully saturated rings. The van der Waals surface area contributed by atoms with E-state index in [1.54, 1.807) is 0 Å². The van der Waals surface area contributed by atoms with Gasteiger partial charge in [0.2, 0.25) is 0 Å². The van der Waals surface area contributed by atoms with Crippen LogP contribution >= 0.6 is 15.9 Å². The van der Waals surface area contributed by atoms with Gasteiger partial charge in [0, 0.05) is 17.1 Å². The maximum Gasteiger partial charge on any atom is 0.255 e. The molecule has 0 spiro atoms. The summed E-state index contributed by atoms with van der Waals surface area (Å²) in [7, 11) is 0. The smallest absolute Gasteiger partial charge is 0.255 e. The molecule has 0 radical (unpaired) electrons. The number of rotatable bonds is 4. The number of carbonyl (C=O) groups excluding carboxylic acids is 1. The molecule has 2 aliphatic carbocycles. The van der Waals surface area contributed by atoms with E-state index in [0.717, 1.165) is 19.4 Å². The van der Waals surface area contributed by atoms with Crippen LogP contribution in [0.15, 0.2) is 16.6 Å². The van der Waals surface area contributed by atoms with Gasteiger partial charge in [-0.2, -0.15) is 0 Å². The molecule has 1 aromatic carbocycles. The minimum absolute atomic E-state index is 0.0220. The maximum absolute atomic E-state index is 13.3. The van der Waals surface area contributed by atoms with Crippen molar-refractivity contribution in [3.05, 3.63) is 28.0 Å². The van der Waals surface area contributed by atoms with Gasteiger partial charge in [-0.05, 0) is 59.7 Å². The van der Waals surface area contributed by atoms with Crippen LogP contribution in [0.4, 0.5) is 10.1 Å². The van der Waals surface area contributed by atoms with Crippen molar-refractivity contribution in [1.29, 1.82) is 0 Å². The number of amides is 1. The molecule has 0 atom stereocenters. The summed E-state index contributed by atoms with van der Waals surface area (Å²) >= 11 is 3.26. The summed E-state index contributed by atoms with van der Waals surface area (Å²) in [4.78, 5) is 14.5. The summed E-state index contributed by atoms with van der Waals surface area (Å²) in [5.74, 6) is 0.123. The van der Waals surface area contributed by atoms with E-state index in [4.69, 9.17) is 5.73 Å². The van der Waals surface area contributed by atoms with E-state index in [-0.39, 0.29) is 11.6 Å². The van der Waals surface area contributed by atoms with E-state index in [0.29, 0.717) is 22.0 Å². The Kier molecular flexibility index (Phi) is 3.25.